The first-order chi connectivity index (χ1) is 16.7. The van der Waals surface area contributed by atoms with E-state index in [1.165, 1.54) is 61.0 Å². The van der Waals surface area contributed by atoms with Gasteiger partial charge in [-0.15, -0.1) is 0 Å². The van der Waals surface area contributed by atoms with Gasteiger partial charge >= 0.3 is 12.1 Å². The summed E-state index contributed by atoms with van der Waals surface area (Å²) in [6.07, 6.45) is -4.71. The lowest BCUT2D eigenvalue weighted by Gasteiger charge is -2.16. The SMILES string of the molecule is CNC(=O)C(C)CC(C)C(=O)Nc1ccc(S(=O)(=O)Nc2ccc(NNC(=O)C(F)(F)F)cc2)cc1. The first kappa shape index (κ1) is 28.4. The van der Waals surface area contributed by atoms with Crippen molar-refractivity contribution in [1.82, 2.24) is 10.7 Å². The summed E-state index contributed by atoms with van der Waals surface area (Å²) in [5.41, 5.74) is 4.13. The molecule has 0 fully saturated rings. The van der Waals surface area contributed by atoms with Gasteiger partial charge in [0.2, 0.25) is 11.8 Å². The van der Waals surface area contributed by atoms with Crippen LogP contribution in [0.1, 0.15) is 20.3 Å². The minimum Gasteiger partial charge on any atom is -0.359 e. The molecule has 36 heavy (non-hydrogen) atoms. The van der Waals surface area contributed by atoms with Crippen LogP contribution >= 0.6 is 0 Å². The van der Waals surface area contributed by atoms with Crippen LogP contribution < -0.4 is 26.2 Å². The van der Waals surface area contributed by atoms with Gasteiger partial charge in [-0.3, -0.25) is 30.0 Å². The maximum atomic E-state index is 12.6. The molecule has 0 heterocycles. The van der Waals surface area contributed by atoms with E-state index in [-0.39, 0.29) is 34.0 Å². The predicted molar refractivity (Wildman–Crippen MR) is 127 cm³/mol. The van der Waals surface area contributed by atoms with Crippen molar-refractivity contribution in [1.29, 1.82) is 0 Å². The predicted octanol–water partition coefficient (Wildman–Crippen LogP) is 2.84. The first-order valence-corrected chi connectivity index (χ1v) is 12.1. The van der Waals surface area contributed by atoms with E-state index in [1.54, 1.807) is 13.8 Å². The topological polar surface area (TPSA) is 146 Å². The van der Waals surface area contributed by atoms with Gasteiger partial charge in [0.05, 0.1) is 10.6 Å². The third-order valence-corrected chi connectivity index (χ3v) is 6.39. The van der Waals surface area contributed by atoms with Gasteiger partial charge in [-0.05, 0) is 55.0 Å². The standard InChI is InChI=1S/C22H26F3N5O5S/c1-13(19(31)26-3)12-14(2)20(32)27-15-8-10-18(11-9-15)36(34,35)30-17-6-4-16(5-7-17)28-29-21(33)22(23,24)25/h4-11,13-14,28,30H,12H2,1-3H3,(H,26,31)(H,27,32)(H,29,33). The van der Waals surface area contributed by atoms with Gasteiger partial charge in [-0.2, -0.15) is 13.2 Å². The van der Waals surface area contributed by atoms with Crippen LogP contribution in [-0.4, -0.2) is 39.4 Å². The zero-order valence-electron chi connectivity index (χ0n) is 19.6. The second-order valence-electron chi connectivity index (χ2n) is 7.93. The number of carbonyl (C=O) groups excluding carboxylic acids is 3. The molecule has 2 rings (SSSR count). The van der Waals surface area contributed by atoms with Crippen molar-refractivity contribution in [3.8, 4) is 0 Å². The maximum absolute atomic E-state index is 12.6. The molecule has 2 aromatic rings. The third kappa shape index (κ3) is 8.15. The van der Waals surface area contributed by atoms with Gasteiger partial charge in [0.1, 0.15) is 0 Å². The van der Waals surface area contributed by atoms with Gasteiger partial charge in [0, 0.05) is 30.3 Å². The first-order valence-electron chi connectivity index (χ1n) is 10.6. The minimum absolute atomic E-state index is 0.0922. The molecule has 0 aliphatic carbocycles. The van der Waals surface area contributed by atoms with Crippen molar-refractivity contribution in [3.05, 3.63) is 48.5 Å². The number of rotatable bonds is 10. The number of nitrogens with one attached hydrogen (secondary N) is 5. The van der Waals surface area contributed by atoms with Crippen LogP contribution in [-0.2, 0) is 24.4 Å². The lowest BCUT2D eigenvalue weighted by atomic mass is 9.96. The molecule has 2 aromatic carbocycles. The zero-order valence-corrected chi connectivity index (χ0v) is 20.4. The number of benzene rings is 2. The second kappa shape index (κ2) is 11.7. The van der Waals surface area contributed by atoms with Crippen LogP contribution in [0, 0.1) is 11.8 Å². The Hall–Kier alpha value is -3.81. The van der Waals surface area contributed by atoms with E-state index in [1.807, 2.05) is 0 Å². The highest BCUT2D eigenvalue weighted by Gasteiger charge is 2.38. The Bertz CT molecular complexity index is 1190. The molecular formula is C22H26F3N5O5S. The Kier molecular flexibility index (Phi) is 9.28. The lowest BCUT2D eigenvalue weighted by Crippen LogP contribution is -2.40. The molecule has 0 spiro atoms. The number of alkyl halides is 3. The van der Waals surface area contributed by atoms with Crippen molar-refractivity contribution in [3.63, 3.8) is 0 Å². The molecule has 0 radical (unpaired) electrons. The second-order valence-corrected chi connectivity index (χ2v) is 9.61. The van der Waals surface area contributed by atoms with Crippen molar-refractivity contribution < 1.29 is 36.0 Å². The van der Waals surface area contributed by atoms with Crippen LogP contribution in [0.25, 0.3) is 0 Å². The highest BCUT2D eigenvalue weighted by atomic mass is 32.2. The van der Waals surface area contributed by atoms with Crippen LogP contribution in [0.5, 0.6) is 0 Å². The molecule has 0 aliphatic heterocycles. The number of anilines is 3. The summed E-state index contributed by atoms with van der Waals surface area (Å²) in [7, 11) is -2.49. The van der Waals surface area contributed by atoms with Crippen LogP contribution in [0.3, 0.4) is 0 Å². The molecule has 0 saturated heterocycles. The normalized spacial score (nSPS) is 13.2. The molecule has 0 saturated carbocycles. The summed E-state index contributed by atoms with van der Waals surface area (Å²) in [6, 6.07) is 10.5. The molecule has 0 aliphatic rings. The average Bonchev–Trinajstić information content (AvgIpc) is 2.82. The Morgan fingerprint density at radius 3 is 1.86 bits per heavy atom. The summed E-state index contributed by atoms with van der Waals surface area (Å²) in [5.74, 6) is -3.48. The summed E-state index contributed by atoms with van der Waals surface area (Å²) >= 11 is 0. The molecular weight excluding hydrogens is 503 g/mol. The summed E-state index contributed by atoms with van der Waals surface area (Å²) in [6.45, 7) is 3.40. The molecule has 2 atom stereocenters. The van der Waals surface area contributed by atoms with Gasteiger partial charge in [-0.1, -0.05) is 13.8 Å². The maximum Gasteiger partial charge on any atom is 0.472 e. The number of carbonyl (C=O) groups is 3. The third-order valence-electron chi connectivity index (χ3n) is 5.00. The smallest absolute Gasteiger partial charge is 0.359 e. The Morgan fingerprint density at radius 2 is 1.33 bits per heavy atom. The fourth-order valence-electron chi connectivity index (χ4n) is 3.01. The molecule has 10 nitrogen and oxygen atoms in total. The van der Waals surface area contributed by atoms with Crippen LogP contribution in [0.4, 0.5) is 30.2 Å². The van der Waals surface area contributed by atoms with Crippen molar-refractivity contribution in [2.24, 2.45) is 11.8 Å². The van der Waals surface area contributed by atoms with E-state index in [0.29, 0.717) is 12.1 Å². The number of hydrogen-bond acceptors (Lipinski definition) is 6. The van der Waals surface area contributed by atoms with Crippen molar-refractivity contribution >= 4 is 44.8 Å². The quantitative estimate of drug-likeness (QED) is 0.299. The fourth-order valence-corrected chi connectivity index (χ4v) is 4.07. The van der Waals surface area contributed by atoms with Crippen LogP contribution in [0.2, 0.25) is 0 Å². The molecule has 0 bridgehead atoms. The Balaban J connectivity index is 1.96. The monoisotopic (exact) mass is 529 g/mol. The van der Waals surface area contributed by atoms with Crippen LogP contribution in [0.15, 0.2) is 53.4 Å². The zero-order chi connectivity index (χ0) is 27.1. The molecule has 196 valence electrons. The molecule has 5 N–H and O–H groups in total. The van der Waals surface area contributed by atoms with Gasteiger partial charge < -0.3 is 10.6 Å². The fraction of sp³-hybridized carbons (Fsp3) is 0.318. The summed E-state index contributed by atoms with van der Waals surface area (Å²) in [5, 5.41) is 5.20. The van der Waals surface area contributed by atoms with E-state index >= 15 is 0 Å². The van der Waals surface area contributed by atoms with E-state index in [4.69, 9.17) is 0 Å². The van der Waals surface area contributed by atoms with E-state index in [2.05, 4.69) is 20.8 Å². The number of hydrazine groups is 1. The van der Waals surface area contributed by atoms with Gasteiger partial charge in [0.15, 0.2) is 0 Å². The largest absolute Gasteiger partial charge is 0.472 e. The summed E-state index contributed by atoms with van der Waals surface area (Å²) in [4.78, 5) is 34.7. The highest BCUT2D eigenvalue weighted by molar-refractivity contribution is 7.92. The van der Waals surface area contributed by atoms with Gasteiger partial charge in [0.25, 0.3) is 10.0 Å². The number of amides is 3. The van der Waals surface area contributed by atoms with Crippen molar-refractivity contribution in [2.45, 2.75) is 31.3 Å². The molecule has 0 aromatic heterocycles. The Labute approximate surface area is 206 Å². The lowest BCUT2D eigenvalue weighted by molar-refractivity contribution is -0.173. The molecule has 2 unspecified atom stereocenters. The number of hydrogen-bond donors (Lipinski definition) is 5. The minimum atomic E-state index is -5.05. The number of sulfonamides is 1. The van der Waals surface area contributed by atoms with E-state index in [0.717, 1.165) is 0 Å². The van der Waals surface area contributed by atoms with E-state index in [9.17, 15) is 36.0 Å². The summed E-state index contributed by atoms with van der Waals surface area (Å²) < 4.78 is 64.2. The number of halogens is 3. The molecule has 3 amide bonds. The average molecular weight is 530 g/mol. The van der Waals surface area contributed by atoms with Gasteiger partial charge in [-0.25, -0.2) is 8.42 Å². The van der Waals surface area contributed by atoms with Crippen molar-refractivity contribution in [2.75, 3.05) is 22.5 Å². The molecule has 14 heteroatoms. The highest BCUT2D eigenvalue weighted by Crippen LogP contribution is 2.21. The van der Waals surface area contributed by atoms with E-state index < -0.39 is 28.0 Å². The Morgan fingerprint density at radius 1 is 0.833 bits per heavy atom.